The highest BCUT2D eigenvalue weighted by Gasteiger charge is 2.49. The summed E-state index contributed by atoms with van der Waals surface area (Å²) in [4.78, 5) is 11.5. The second-order valence-corrected chi connectivity index (χ2v) is 9.97. The van der Waals surface area contributed by atoms with Gasteiger partial charge in [-0.15, -0.1) is 0 Å². The van der Waals surface area contributed by atoms with Crippen LogP contribution in [-0.2, 0) is 4.79 Å². The lowest BCUT2D eigenvalue weighted by Gasteiger charge is -2.56. The van der Waals surface area contributed by atoms with Crippen LogP contribution < -0.4 is 21.1 Å². The average Bonchev–Trinajstić information content (AvgIpc) is 2.81. The molecule has 0 aliphatic carbocycles. The van der Waals surface area contributed by atoms with Gasteiger partial charge in [-0.2, -0.15) is 0 Å². The van der Waals surface area contributed by atoms with Crippen LogP contribution in [0.1, 0.15) is 32.8 Å². The van der Waals surface area contributed by atoms with Crippen LogP contribution >= 0.6 is 0 Å². The first kappa shape index (κ1) is 30.0. The van der Waals surface area contributed by atoms with Crippen molar-refractivity contribution in [3.8, 4) is 5.75 Å². The number of benzene rings is 1. The fourth-order valence-corrected chi connectivity index (χ4v) is 5.02. The molecule has 7 N–H and O–H groups in total. The van der Waals surface area contributed by atoms with Crippen molar-refractivity contribution in [2.45, 2.75) is 45.3 Å². The van der Waals surface area contributed by atoms with E-state index in [-0.39, 0.29) is 24.2 Å². The first-order valence-electron chi connectivity index (χ1n) is 12.6. The number of quaternary nitrogens is 1. The molecule has 0 bridgehead atoms. The minimum Gasteiger partial charge on any atom is -0.494 e. The predicted molar refractivity (Wildman–Crippen MR) is 150 cm³/mol. The number of nitrogens with zero attached hydrogens (tertiary/aromatic N) is 2. The van der Waals surface area contributed by atoms with Gasteiger partial charge in [0.25, 0.3) is 0 Å². The largest absolute Gasteiger partial charge is 0.494 e. The molecule has 2 aliphatic rings. The Morgan fingerprint density at radius 1 is 1.35 bits per heavy atom. The number of nitrogens with one attached hydrogen (secondary N) is 4. The van der Waals surface area contributed by atoms with Gasteiger partial charge in [-0.1, -0.05) is 18.2 Å². The molecule has 1 amide bonds. The van der Waals surface area contributed by atoms with Gasteiger partial charge in [-0.25, -0.2) is 0 Å². The van der Waals surface area contributed by atoms with Gasteiger partial charge in [0.2, 0.25) is 6.41 Å². The number of methoxy groups -OCH3 is 1. The quantitative estimate of drug-likeness (QED) is 0.122. The van der Waals surface area contributed by atoms with Crippen molar-refractivity contribution in [2.75, 3.05) is 52.8 Å². The number of hydrogen-bond donors (Lipinski definition) is 6. The third kappa shape index (κ3) is 6.97. The average molecular weight is 515 g/mol. The number of amidine groups is 1. The minimum absolute atomic E-state index is 0.0427. The summed E-state index contributed by atoms with van der Waals surface area (Å²) >= 11 is 0. The number of aliphatic hydroxyl groups is 1. The summed E-state index contributed by atoms with van der Waals surface area (Å²) in [5.41, 5.74) is 8.98. The predicted octanol–water partition coefficient (Wildman–Crippen LogP) is 2.02. The Bertz CT molecular complexity index is 1030. The third-order valence-electron chi connectivity index (χ3n) is 7.30. The number of amides is 1. The SMILES string of the molecule is CNC=O.COc1c(N/C(=C/C(=N)N)C(C)=N)cccc1C1=CCC[N+](C)(C2CN(C(C)C)C2)C1CO. The van der Waals surface area contributed by atoms with Gasteiger partial charge in [-0.3, -0.25) is 15.1 Å². The number of hydrogen-bond acceptors (Lipinski definition) is 7. The molecule has 2 heterocycles. The zero-order valence-electron chi connectivity index (χ0n) is 23.0. The lowest BCUT2D eigenvalue weighted by atomic mass is 9.87. The third-order valence-corrected chi connectivity index (χ3v) is 7.30. The summed E-state index contributed by atoms with van der Waals surface area (Å²) < 4.78 is 6.66. The molecule has 0 spiro atoms. The van der Waals surface area contributed by atoms with Gasteiger partial charge in [0, 0.05) is 36.7 Å². The number of carbonyl (C=O) groups excluding carboxylic acids is 1. The van der Waals surface area contributed by atoms with Crippen molar-refractivity contribution in [3.05, 3.63) is 41.6 Å². The summed E-state index contributed by atoms with van der Waals surface area (Å²) in [6.45, 7) is 9.28. The maximum absolute atomic E-state index is 10.6. The molecule has 1 saturated heterocycles. The summed E-state index contributed by atoms with van der Waals surface area (Å²) in [6, 6.07) is 6.85. The molecular weight excluding hydrogens is 470 g/mol. The zero-order valence-corrected chi connectivity index (χ0v) is 23.0. The minimum atomic E-state index is -0.126. The van der Waals surface area contributed by atoms with E-state index in [9.17, 15) is 5.11 Å². The van der Waals surface area contributed by atoms with Crippen LogP contribution in [0.25, 0.3) is 5.57 Å². The van der Waals surface area contributed by atoms with Crippen molar-refractivity contribution < 1.29 is 19.1 Å². The highest BCUT2D eigenvalue weighted by molar-refractivity contribution is 6.05. The number of allylic oxidation sites excluding steroid dienone is 1. The molecule has 204 valence electrons. The molecule has 10 nitrogen and oxygen atoms in total. The van der Waals surface area contributed by atoms with Crippen LogP contribution in [0.3, 0.4) is 0 Å². The molecule has 1 aromatic carbocycles. The van der Waals surface area contributed by atoms with Crippen molar-refractivity contribution in [1.82, 2.24) is 10.2 Å². The van der Waals surface area contributed by atoms with E-state index in [1.165, 1.54) is 6.08 Å². The highest BCUT2D eigenvalue weighted by Crippen LogP contribution is 2.42. The molecule has 0 radical (unpaired) electrons. The van der Waals surface area contributed by atoms with Gasteiger partial charge in [0.05, 0.1) is 57.5 Å². The number of carbonyl (C=O) groups is 1. The molecule has 2 atom stereocenters. The monoisotopic (exact) mass is 514 g/mol. The van der Waals surface area contributed by atoms with Gasteiger partial charge >= 0.3 is 0 Å². The highest BCUT2D eigenvalue weighted by atomic mass is 16.5. The van der Waals surface area contributed by atoms with Crippen LogP contribution in [0.4, 0.5) is 5.69 Å². The Morgan fingerprint density at radius 2 is 2.00 bits per heavy atom. The van der Waals surface area contributed by atoms with Gasteiger partial charge in [0.1, 0.15) is 23.7 Å². The Labute approximate surface area is 220 Å². The Hall–Kier alpha value is -3.21. The normalized spacial score (nSPS) is 22.2. The molecule has 3 rings (SSSR count). The molecule has 37 heavy (non-hydrogen) atoms. The van der Waals surface area contributed by atoms with Crippen molar-refractivity contribution in [1.29, 1.82) is 10.8 Å². The number of nitrogens with two attached hydrogens (primary N) is 1. The Balaban J connectivity index is 0.00000112. The zero-order chi connectivity index (χ0) is 27.8. The second-order valence-electron chi connectivity index (χ2n) is 9.97. The van der Waals surface area contributed by atoms with Crippen molar-refractivity contribution >= 4 is 29.2 Å². The van der Waals surface area contributed by atoms with Gasteiger partial charge in [-0.05, 0) is 26.8 Å². The number of likely N-dealkylation sites (tertiary alicyclic amines) is 1. The lowest BCUT2D eigenvalue weighted by Crippen LogP contribution is -2.72. The van der Waals surface area contributed by atoms with E-state index >= 15 is 0 Å². The van der Waals surface area contributed by atoms with Crippen LogP contribution in [0, 0.1) is 10.8 Å². The number of anilines is 1. The summed E-state index contributed by atoms with van der Waals surface area (Å²) in [5, 5.41) is 31.6. The molecule has 1 fully saturated rings. The molecule has 2 unspecified atom stereocenters. The summed E-state index contributed by atoms with van der Waals surface area (Å²) in [5.74, 6) is 0.530. The second kappa shape index (κ2) is 13.4. The number of ether oxygens (including phenoxy) is 1. The summed E-state index contributed by atoms with van der Waals surface area (Å²) in [7, 11) is 5.47. The molecule has 0 aromatic heterocycles. The van der Waals surface area contributed by atoms with Gasteiger partial charge < -0.3 is 36.1 Å². The number of rotatable bonds is 10. The topological polar surface area (TPSA) is 148 Å². The van der Waals surface area contributed by atoms with Crippen LogP contribution in [0.5, 0.6) is 5.75 Å². The maximum Gasteiger partial charge on any atom is 0.206 e. The number of aliphatic hydroxyl groups excluding tert-OH is 1. The maximum atomic E-state index is 10.6. The van der Waals surface area contributed by atoms with E-state index in [2.05, 4.69) is 42.5 Å². The first-order valence-corrected chi connectivity index (χ1v) is 12.6. The fourth-order valence-electron chi connectivity index (χ4n) is 5.02. The molecule has 0 saturated carbocycles. The van der Waals surface area contributed by atoms with E-state index in [4.69, 9.17) is 26.1 Å². The van der Waals surface area contributed by atoms with E-state index in [1.54, 1.807) is 21.1 Å². The smallest absolute Gasteiger partial charge is 0.206 e. The van der Waals surface area contributed by atoms with Crippen molar-refractivity contribution in [2.24, 2.45) is 5.73 Å². The molecule has 10 heteroatoms. The number of para-hydroxylation sites is 1. The van der Waals surface area contributed by atoms with Crippen LogP contribution in [0.15, 0.2) is 36.0 Å². The molecule has 1 aromatic rings. The van der Waals surface area contributed by atoms with Gasteiger partial charge in [0.15, 0.2) is 0 Å². The number of likely N-dealkylation sites (N-methyl/N-ethyl adjacent to an activating group) is 1. The molecule has 2 aliphatic heterocycles. The summed E-state index contributed by atoms with van der Waals surface area (Å²) in [6.07, 6.45) is 5.22. The Kier molecular flexibility index (Phi) is 10.8. The fraction of sp³-hybridized carbons (Fsp3) is 0.519. The lowest BCUT2D eigenvalue weighted by molar-refractivity contribution is -0.954. The standard InChI is InChI=1S/C25H39N6O2.C2H5NO/c1-16(2)30-13-18(14-30)31(4)11-7-9-19(23(31)15-32)20-8-6-10-21(25(20)33-5)29-22(17(3)26)12-24(27)28;1-3-2-4/h6,8-10,12,16,18,23,26,29,32H,7,11,13-15H2,1-5H3,(H3,27,28);2H,1H3,(H,3,4)/q+1;/b22-12+,26-17?;. The Morgan fingerprint density at radius 3 is 2.49 bits per heavy atom. The molecular formula is C27H44N7O3+. The van der Waals surface area contributed by atoms with E-state index in [1.807, 2.05) is 18.2 Å². The van der Waals surface area contributed by atoms with E-state index in [0.717, 1.165) is 41.7 Å². The van der Waals surface area contributed by atoms with E-state index in [0.29, 0.717) is 35.6 Å². The van der Waals surface area contributed by atoms with E-state index < -0.39 is 0 Å². The van der Waals surface area contributed by atoms with Crippen molar-refractivity contribution in [3.63, 3.8) is 0 Å². The van der Waals surface area contributed by atoms with Crippen LogP contribution in [0.2, 0.25) is 0 Å². The van der Waals surface area contributed by atoms with Crippen LogP contribution in [-0.4, -0.2) is 98.0 Å². The first-order chi connectivity index (χ1) is 17.5.